The lowest BCUT2D eigenvalue weighted by atomic mass is 10.1. The van der Waals surface area contributed by atoms with Crippen molar-refractivity contribution >= 4 is 18.3 Å². The van der Waals surface area contributed by atoms with E-state index in [1.54, 1.807) is 0 Å². The normalized spacial score (nSPS) is 23.9. The van der Waals surface area contributed by atoms with Crippen LogP contribution >= 0.6 is 12.4 Å². The second-order valence-corrected chi connectivity index (χ2v) is 3.72. The molecule has 5 heteroatoms. The first-order valence-corrected chi connectivity index (χ1v) is 4.88. The Hall–Kier alpha value is -0.320. The number of nitrogens with two attached hydrogens (primary N) is 1. The fraction of sp³-hybridized carbons (Fsp3) is 0.889. The van der Waals surface area contributed by atoms with E-state index < -0.39 is 0 Å². The van der Waals surface area contributed by atoms with E-state index in [-0.39, 0.29) is 24.2 Å². The number of piperazine rings is 1. The van der Waals surface area contributed by atoms with Gasteiger partial charge in [-0.3, -0.25) is 4.79 Å². The van der Waals surface area contributed by atoms with Gasteiger partial charge in [-0.15, -0.1) is 12.4 Å². The van der Waals surface area contributed by atoms with Crippen LogP contribution < -0.4 is 11.1 Å². The molecule has 3 N–H and O–H groups in total. The number of hydrogen-bond donors (Lipinski definition) is 2. The van der Waals surface area contributed by atoms with E-state index in [9.17, 15) is 4.79 Å². The summed E-state index contributed by atoms with van der Waals surface area (Å²) in [6.07, 6.45) is 0. The average molecular weight is 222 g/mol. The molecule has 0 aromatic heterocycles. The lowest BCUT2D eigenvalue weighted by Crippen LogP contribution is -2.54. The lowest BCUT2D eigenvalue weighted by Gasteiger charge is -2.35. The van der Waals surface area contributed by atoms with E-state index in [1.807, 2.05) is 11.8 Å². The van der Waals surface area contributed by atoms with Gasteiger partial charge in [0.1, 0.15) is 0 Å². The first kappa shape index (κ1) is 13.7. The summed E-state index contributed by atoms with van der Waals surface area (Å²) < 4.78 is 0. The molecule has 1 aliphatic heterocycles. The molecule has 0 aliphatic carbocycles. The SMILES string of the molecule is CC(CN)C(=O)N1CCNC[C@H]1C.Cl. The van der Waals surface area contributed by atoms with Gasteiger partial charge in [0.15, 0.2) is 0 Å². The molecule has 1 rings (SSSR count). The van der Waals surface area contributed by atoms with E-state index >= 15 is 0 Å². The topological polar surface area (TPSA) is 58.4 Å². The highest BCUT2D eigenvalue weighted by Gasteiger charge is 2.25. The van der Waals surface area contributed by atoms with Crippen LogP contribution in [0.25, 0.3) is 0 Å². The molecule has 0 radical (unpaired) electrons. The van der Waals surface area contributed by atoms with E-state index in [0.29, 0.717) is 12.6 Å². The van der Waals surface area contributed by atoms with Crippen LogP contribution in [-0.4, -0.2) is 43.0 Å². The first-order chi connectivity index (χ1) is 6.16. The highest BCUT2D eigenvalue weighted by molar-refractivity contribution is 5.85. The van der Waals surface area contributed by atoms with Gasteiger partial charge < -0.3 is 16.0 Å². The number of carbonyl (C=O) groups excluding carboxylic acids is 1. The first-order valence-electron chi connectivity index (χ1n) is 4.88. The lowest BCUT2D eigenvalue weighted by molar-refractivity contribution is -0.137. The van der Waals surface area contributed by atoms with Crippen molar-refractivity contribution in [3.8, 4) is 0 Å². The van der Waals surface area contributed by atoms with E-state index in [1.165, 1.54) is 0 Å². The molecule has 1 amide bonds. The molecule has 1 unspecified atom stereocenters. The quantitative estimate of drug-likeness (QED) is 0.681. The molecule has 0 aromatic carbocycles. The third kappa shape index (κ3) is 3.12. The molecule has 1 aliphatic rings. The van der Waals surface area contributed by atoms with E-state index in [4.69, 9.17) is 5.73 Å². The molecule has 1 heterocycles. The zero-order valence-corrected chi connectivity index (χ0v) is 9.64. The highest BCUT2D eigenvalue weighted by Crippen LogP contribution is 2.07. The summed E-state index contributed by atoms with van der Waals surface area (Å²) in [6.45, 7) is 6.99. The van der Waals surface area contributed by atoms with Gasteiger partial charge in [0.05, 0.1) is 0 Å². The zero-order valence-electron chi connectivity index (χ0n) is 8.82. The van der Waals surface area contributed by atoms with Crippen LogP contribution in [0.1, 0.15) is 13.8 Å². The summed E-state index contributed by atoms with van der Waals surface area (Å²) >= 11 is 0. The van der Waals surface area contributed by atoms with Crippen LogP contribution in [0.4, 0.5) is 0 Å². The Bertz CT molecular complexity index is 189. The zero-order chi connectivity index (χ0) is 9.84. The predicted octanol–water partition coefficient (Wildman–Crippen LogP) is -0.177. The van der Waals surface area contributed by atoms with Crippen LogP contribution in [0.5, 0.6) is 0 Å². The summed E-state index contributed by atoms with van der Waals surface area (Å²) in [5, 5.41) is 3.25. The van der Waals surface area contributed by atoms with Gasteiger partial charge in [-0.05, 0) is 6.92 Å². The third-order valence-corrected chi connectivity index (χ3v) is 2.56. The van der Waals surface area contributed by atoms with Crippen molar-refractivity contribution < 1.29 is 4.79 Å². The van der Waals surface area contributed by atoms with Gasteiger partial charge in [-0.1, -0.05) is 6.92 Å². The Morgan fingerprint density at radius 2 is 2.36 bits per heavy atom. The number of hydrogen-bond acceptors (Lipinski definition) is 3. The van der Waals surface area contributed by atoms with E-state index in [2.05, 4.69) is 12.2 Å². The average Bonchev–Trinajstić information content (AvgIpc) is 2.16. The Balaban J connectivity index is 0.00000169. The number of carbonyl (C=O) groups is 1. The number of nitrogens with zero attached hydrogens (tertiary/aromatic N) is 1. The second-order valence-electron chi connectivity index (χ2n) is 3.72. The second kappa shape index (κ2) is 6.22. The number of nitrogens with one attached hydrogen (secondary N) is 1. The van der Waals surface area contributed by atoms with Crippen molar-refractivity contribution in [3.05, 3.63) is 0 Å². The van der Waals surface area contributed by atoms with Crippen molar-refractivity contribution in [2.75, 3.05) is 26.2 Å². The number of halogens is 1. The third-order valence-electron chi connectivity index (χ3n) is 2.56. The van der Waals surface area contributed by atoms with Gasteiger partial charge in [-0.25, -0.2) is 0 Å². The Labute approximate surface area is 91.6 Å². The molecule has 84 valence electrons. The van der Waals surface area contributed by atoms with E-state index in [0.717, 1.165) is 19.6 Å². The van der Waals surface area contributed by atoms with Crippen LogP contribution in [0, 0.1) is 5.92 Å². The Kier molecular flexibility index (Phi) is 6.08. The molecule has 0 saturated carbocycles. The van der Waals surface area contributed by atoms with Gasteiger partial charge in [-0.2, -0.15) is 0 Å². The number of amides is 1. The summed E-state index contributed by atoms with van der Waals surface area (Å²) in [5.41, 5.74) is 5.46. The molecule has 0 spiro atoms. The standard InChI is InChI=1S/C9H19N3O.ClH/c1-7(5-10)9(13)12-4-3-11-6-8(12)2;/h7-8,11H,3-6,10H2,1-2H3;1H/t7?,8-;/m1./s1. The molecule has 14 heavy (non-hydrogen) atoms. The Morgan fingerprint density at radius 1 is 1.71 bits per heavy atom. The largest absolute Gasteiger partial charge is 0.337 e. The van der Waals surface area contributed by atoms with Gasteiger partial charge >= 0.3 is 0 Å². The minimum Gasteiger partial charge on any atom is -0.337 e. The molecule has 2 atom stereocenters. The summed E-state index contributed by atoms with van der Waals surface area (Å²) in [6, 6.07) is 0.301. The molecule has 1 fully saturated rings. The maximum atomic E-state index is 11.8. The smallest absolute Gasteiger partial charge is 0.227 e. The van der Waals surface area contributed by atoms with Crippen molar-refractivity contribution in [1.29, 1.82) is 0 Å². The van der Waals surface area contributed by atoms with Crippen LogP contribution in [-0.2, 0) is 4.79 Å². The van der Waals surface area contributed by atoms with Gasteiger partial charge in [0.25, 0.3) is 0 Å². The molecular formula is C9H20ClN3O. The summed E-state index contributed by atoms with van der Waals surface area (Å²) in [4.78, 5) is 13.7. The maximum Gasteiger partial charge on any atom is 0.227 e. The van der Waals surface area contributed by atoms with Crippen LogP contribution in [0.3, 0.4) is 0 Å². The summed E-state index contributed by atoms with van der Waals surface area (Å²) in [5.74, 6) is 0.150. The summed E-state index contributed by atoms with van der Waals surface area (Å²) in [7, 11) is 0. The van der Waals surface area contributed by atoms with Gasteiger partial charge in [0, 0.05) is 38.1 Å². The molecule has 1 saturated heterocycles. The predicted molar refractivity (Wildman–Crippen MR) is 59.5 cm³/mol. The molecular weight excluding hydrogens is 202 g/mol. The van der Waals surface area contributed by atoms with Gasteiger partial charge in [0.2, 0.25) is 5.91 Å². The van der Waals surface area contributed by atoms with Crippen molar-refractivity contribution in [2.45, 2.75) is 19.9 Å². The maximum absolute atomic E-state index is 11.8. The Morgan fingerprint density at radius 3 is 2.86 bits per heavy atom. The number of rotatable bonds is 2. The molecule has 4 nitrogen and oxygen atoms in total. The van der Waals surface area contributed by atoms with Crippen LogP contribution in [0.15, 0.2) is 0 Å². The fourth-order valence-corrected chi connectivity index (χ4v) is 1.55. The fourth-order valence-electron chi connectivity index (χ4n) is 1.55. The minimum atomic E-state index is -0.0412. The highest BCUT2D eigenvalue weighted by atomic mass is 35.5. The minimum absolute atomic E-state index is 0. The molecule has 0 bridgehead atoms. The van der Waals surface area contributed by atoms with Crippen molar-refractivity contribution in [2.24, 2.45) is 11.7 Å². The van der Waals surface area contributed by atoms with Crippen molar-refractivity contribution in [1.82, 2.24) is 10.2 Å². The van der Waals surface area contributed by atoms with Crippen LogP contribution in [0.2, 0.25) is 0 Å². The molecule has 0 aromatic rings. The van der Waals surface area contributed by atoms with Crippen molar-refractivity contribution in [3.63, 3.8) is 0 Å². The monoisotopic (exact) mass is 221 g/mol.